The van der Waals surface area contributed by atoms with Gasteiger partial charge in [-0.15, -0.1) is 0 Å². The summed E-state index contributed by atoms with van der Waals surface area (Å²) in [5, 5.41) is 13.7. The molecule has 0 fully saturated rings. The van der Waals surface area contributed by atoms with E-state index in [1.165, 1.54) is 39.6 Å². The molecule has 5 aromatic rings. The zero-order valence-corrected chi connectivity index (χ0v) is 20.6. The Kier molecular flexibility index (Phi) is 6.87. The average Bonchev–Trinajstić information content (AvgIpc) is 3.31. The molecule has 0 saturated carbocycles. The molecular weight excluding hydrogens is 516 g/mol. The minimum absolute atomic E-state index is 0.0579. The van der Waals surface area contributed by atoms with Crippen LogP contribution in [0.25, 0.3) is 27.8 Å². The van der Waals surface area contributed by atoms with Gasteiger partial charge in [0.05, 0.1) is 41.0 Å². The summed E-state index contributed by atoms with van der Waals surface area (Å²) in [5.74, 6) is -0.181. The fourth-order valence-corrected chi connectivity index (χ4v) is 4.18. The predicted molar refractivity (Wildman–Crippen MR) is 137 cm³/mol. The van der Waals surface area contributed by atoms with Crippen LogP contribution in [0.5, 0.6) is 0 Å². The van der Waals surface area contributed by atoms with Gasteiger partial charge in [0.1, 0.15) is 11.5 Å². The maximum atomic E-state index is 14.9. The van der Waals surface area contributed by atoms with Gasteiger partial charge >= 0.3 is 6.18 Å². The Morgan fingerprint density at radius 2 is 1.82 bits per heavy atom. The molecule has 0 bridgehead atoms. The van der Waals surface area contributed by atoms with Crippen molar-refractivity contribution in [2.75, 3.05) is 25.1 Å². The van der Waals surface area contributed by atoms with Crippen molar-refractivity contribution < 1.29 is 22.7 Å². The zero-order valence-electron chi connectivity index (χ0n) is 20.6. The second-order valence-electron chi connectivity index (χ2n) is 8.81. The highest BCUT2D eigenvalue weighted by atomic mass is 19.4. The number of benzene rings is 2. The second kappa shape index (κ2) is 10.3. The van der Waals surface area contributed by atoms with Gasteiger partial charge in [-0.3, -0.25) is 4.79 Å². The van der Waals surface area contributed by atoms with E-state index in [0.29, 0.717) is 35.0 Å². The molecule has 8 nitrogen and oxygen atoms in total. The van der Waals surface area contributed by atoms with E-state index in [4.69, 9.17) is 5.11 Å². The normalized spacial score (nSPS) is 11.7. The van der Waals surface area contributed by atoms with E-state index < -0.39 is 17.6 Å². The van der Waals surface area contributed by atoms with Crippen LogP contribution in [0.15, 0.2) is 77.9 Å². The fourth-order valence-electron chi connectivity index (χ4n) is 4.18. The number of alkyl halides is 3. The Morgan fingerprint density at radius 3 is 2.51 bits per heavy atom. The highest BCUT2D eigenvalue weighted by molar-refractivity contribution is 5.94. The van der Waals surface area contributed by atoms with E-state index in [0.717, 1.165) is 12.1 Å². The number of pyridine rings is 1. The number of halogens is 4. The SMILES string of the molecule is CN(CCO)c1nccc(Cn2ccc(-n3nc(-c4ccc(C(F)(F)F)cc4)c4c(F)cccc43)cc2=O)n1. The molecule has 3 aromatic heterocycles. The van der Waals surface area contributed by atoms with Crippen LogP contribution in [0, 0.1) is 5.82 Å². The minimum atomic E-state index is -4.50. The fraction of sp³-hybridized carbons (Fsp3) is 0.185. The van der Waals surface area contributed by atoms with Crippen molar-refractivity contribution in [2.45, 2.75) is 12.7 Å². The molecule has 39 heavy (non-hydrogen) atoms. The maximum Gasteiger partial charge on any atom is 0.416 e. The predicted octanol–water partition coefficient (Wildman–Crippen LogP) is 4.28. The number of aliphatic hydroxyl groups excluding tert-OH is 1. The molecular formula is C27H22F4N6O2. The molecule has 0 unspecified atom stereocenters. The third-order valence-corrected chi connectivity index (χ3v) is 6.18. The lowest BCUT2D eigenvalue weighted by molar-refractivity contribution is -0.137. The molecule has 5 rings (SSSR count). The van der Waals surface area contributed by atoms with Crippen molar-refractivity contribution in [1.82, 2.24) is 24.3 Å². The summed E-state index contributed by atoms with van der Waals surface area (Å²) in [5.41, 5.74) is 0.557. The van der Waals surface area contributed by atoms with E-state index >= 15 is 0 Å². The average molecular weight is 539 g/mol. The monoisotopic (exact) mass is 538 g/mol. The first-order chi connectivity index (χ1) is 18.7. The van der Waals surface area contributed by atoms with E-state index in [1.807, 2.05) is 0 Å². The lowest BCUT2D eigenvalue weighted by Gasteiger charge is -2.16. The molecule has 0 aliphatic rings. The summed E-state index contributed by atoms with van der Waals surface area (Å²) < 4.78 is 56.8. The molecule has 0 atom stereocenters. The molecule has 1 N–H and O–H groups in total. The van der Waals surface area contributed by atoms with E-state index in [2.05, 4.69) is 15.1 Å². The molecule has 0 aliphatic carbocycles. The number of likely N-dealkylation sites (N-methyl/N-ethyl adjacent to an activating group) is 1. The molecule has 3 heterocycles. The van der Waals surface area contributed by atoms with Crippen LogP contribution in [0.2, 0.25) is 0 Å². The van der Waals surface area contributed by atoms with Gasteiger partial charge in [0.2, 0.25) is 5.95 Å². The number of aromatic nitrogens is 5. The summed E-state index contributed by atoms with van der Waals surface area (Å²) in [6.45, 7) is 0.454. The van der Waals surface area contributed by atoms with Crippen molar-refractivity contribution >= 4 is 16.9 Å². The largest absolute Gasteiger partial charge is 0.416 e. The highest BCUT2D eigenvalue weighted by Gasteiger charge is 2.30. The van der Waals surface area contributed by atoms with Crippen molar-refractivity contribution in [3.05, 3.63) is 100 Å². The number of aliphatic hydroxyl groups is 1. The third-order valence-electron chi connectivity index (χ3n) is 6.18. The molecule has 12 heteroatoms. The molecule has 0 saturated heterocycles. The van der Waals surface area contributed by atoms with Crippen LogP contribution in [-0.4, -0.2) is 49.6 Å². The standard InChI is InChI=1S/C27H22F4N6O2/c1-35(13-14-38)26-32-11-9-19(33-26)16-36-12-10-20(15-23(36)39)37-22-4-2-3-21(28)24(22)25(34-37)17-5-7-18(8-6-17)27(29,30)31/h2-12,15,38H,13-14,16H2,1H3. The number of rotatable bonds is 7. The van der Waals surface area contributed by atoms with Gasteiger partial charge < -0.3 is 14.6 Å². The van der Waals surface area contributed by atoms with Crippen LogP contribution in [0.3, 0.4) is 0 Å². The Balaban J connectivity index is 1.51. The second-order valence-corrected chi connectivity index (χ2v) is 8.81. The minimum Gasteiger partial charge on any atom is -0.395 e. The van der Waals surface area contributed by atoms with E-state index in [9.17, 15) is 22.4 Å². The quantitative estimate of drug-likeness (QED) is 0.311. The van der Waals surface area contributed by atoms with Gasteiger partial charge in [-0.25, -0.2) is 19.0 Å². The van der Waals surface area contributed by atoms with Gasteiger partial charge in [0, 0.05) is 37.6 Å². The Labute approximate surface area is 219 Å². The summed E-state index contributed by atoms with van der Waals surface area (Å²) >= 11 is 0. The van der Waals surface area contributed by atoms with Crippen LogP contribution in [-0.2, 0) is 12.7 Å². The zero-order chi connectivity index (χ0) is 27.7. The molecule has 0 spiro atoms. The first-order valence-electron chi connectivity index (χ1n) is 11.9. The van der Waals surface area contributed by atoms with Gasteiger partial charge in [-0.1, -0.05) is 18.2 Å². The molecule has 0 aliphatic heterocycles. The van der Waals surface area contributed by atoms with Crippen molar-refractivity contribution in [1.29, 1.82) is 0 Å². The number of nitrogens with zero attached hydrogens (tertiary/aromatic N) is 6. The summed E-state index contributed by atoms with van der Waals surface area (Å²) in [4.78, 5) is 23.3. The van der Waals surface area contributed by atoms with Crippen molar-refractivity contribution in [3.8, 4) is 16.9 Å². The van der Waals surface area contributed by atoms with Crippen LogP contribution in [0.4, 0.5) is 23.5 Å². The molecule has 0 amide bonds. The van der Waals surface area contributed by atoms with E-state index in [1.54, 1.807) is 42.5 Å². The summed E-state index contributed by atoms with van der Waals surface area (Å²) in [6.07, 6.45) is -1.38. The van der Waals surface area contributed by atoms with Gasteiger partial charge in [-0.05, 0) is 36.4 Å². The topological polar surface area (TPSA) is 89.1 Å². The number of anilines is 1. The van der Waals surface area contributed by atoms with E-state index in [-0.39, 0.29) is 29.8 Å². The van der Waals surface area contributed by atoms with Crippen LogP contribution >= 0.6 is 0 Å². The summed E-state index contributed by atoms with van der Waals surface area (Å²) in [7, 11) is 1.74. The molecule has 0 radical (unpaired) electrons. The smallest absolute Gasteiger partial charge is 0.395 e. The number of hydrogen-bond acceptors (Lipinski definition) is 6. The van der Waals surface area contributed by atoms with Crippen molar-refractivity contribution in [3.63, 3.8) is 0 Å². The Bertz CT molecular complexity index is 1700. The molecule has 2 aromatic carbocycles. The lowest BCUT2D eigenvalue weighted by atomic mass is 10.1. The van der Waals surface area contributed by atoms with Crippen LogP contribution < -0.4 is 10.5 Å². The third kappa shape index (κ3) is 5.23. The van der Waals surface area contributed by atoms with Crippen molar-refractivity contribution in [2.24, 2.45) is 0 Å². The number of hydrogen-bond donors (Lipinski definition) is 1. The highest BCUT2D eigenvalue weighted by Crippen LogP contribution is 2.34. The maximum absolute atomic E-state index is 14.9. The van der Waals surface area contributed by atoms with Crippen LogP contribution in [0.1, 0.15) is 11.3 Å². The first kappa shape index (κ1) is 26.0. The Morgan fingerprint density at radius 1 is 1.05 bits per heavy atom. The van der Waals surface area contributed by atoms with Gasteiger partial charge in [0.25, 0.3) is 5.56 Å². The molecule has 200 valence electrons. The summed E-state index contributed by atoms with van der Waals surface area (Å²) in [6, 6.07) is 13.3. The van der Waals surface area contributed by atoms with Gasteiger partial charge in [-0.2, -0.15) is 18.3 Å². The Hall–Kier alpha value is -4.58. The lowest BCUT2D eigenvalue weighted by Crippen LogP contribution is -2.25. The first-order valence-corrected chi connectivity index (χ1v) is 11.9. The van der Waals surface area contributed by atoms with Gasteiger partial charge in [0.15, 0.2) is 0 Å². The number of fused-ring (bicyclic) bond motifs is 1.